The van der Waals surface area contributed by atoms with Gasteiger partial charge in [-0.15, -0.1) is 0 Å². The summed E-state index contributed by atoms with van der Waals surface area (Å²) in [5.41, 5.74) is 0. The van der Waals surface area contributed by atoms with E-state index in [0.717, 1.165) is 27.7 Å². The van der Waals surface area contributed by atoms with Crippen molar-refractivity contribution >= 4 is 53.4 Å². The van der Waals surface area contributed by atoms with Gasteiger partial charge < -0.3 is 19.4 Å². The van der Waals surface area contributed by atoms with E-state index in [2.05, 4.69) is 19.4 Å². The maximum Gasteiger partial charge on any atom is 0.326 e. The summed E-state index contributed by atoms with van der Waals surface area (Å²) in [6.07, 6.45) is 0. The second-order valence-corrected chi connectivity index (χ2v) is 3.44. The molecule has 0 unspecified atom stereocenters. The van der Waals surface area contributed by atoms with Crippen molar-refractivity contribution in [2.24, 2.45) is 0 Å². The standard InChI is InChI=1S/C10H16N2O8.Mn.Na/c1-7(13)17-11(18-8(2)14)5-6-12(19-9(3)15)20-10(4)16;;/h5-6H2,1-4H3;;. The summed E-state index contributed by atoms with van der Waals surface area (Å²) in [6.45, 7) is 3.97. The van der Waals surface area contributed by atoms with Gasteiger partial charge in [-0.3, -0.25) is 19.2 Å². The van der Waals surface area contributed by atoms with Crippen LogP contribution in [0.4, 0.5) is 0 Å². The number of hydroxylamine groups is 4. The number of nitrogens with zero attached hydrogens (tertiary/aromatic N) is 2. The van der Waals surface area contributed by atoms with E-state index >= 15 is 0 Å². The first-order valence-corrected chi connectivity index (χ1v) is 5.50. The quantitative estimate of drug-likeness (QED) is 0.414. The minimum Gasteiger partial charge on any atom is -0.333 e. The molecule has 22 heavy (non-hydrogen) atoms. The molecule has 0 aliphatic rings. The predicted molar refractivity (Wildman–Crippen MR) is 66.2 cm³/mol. The molecule has 0 rings (SSSR count). The Balaban J connectivity index is -0.00000180. The van der Waals surface area contributed by atoms with Crippen LogP contribution in [0.5, 0.6) is 0 Å². The molecule has 0 aromatic rings. The van der Waals surface area contributed by atoms with E-state index in [1.54, 1.807) is 0 Å². The second kappa shape index (κ2) is 13.9. The van der Waals surface area contributed by atoms with Crippen LogP contribution in [-0.4, -0.2) is 77.0 Å². The van der Waals surface area contributed by atoms with E-state index < -0.39 is 23.9 Å². The van der Waals surface area contributed by atoms with E-state index in [1.807, 2.05) is 0 Å². The van der Waals surface area contributed by atoms with Crippen LogP contribution in [0.3, 0.4) is 0 Å². The minimum atomic E-state index is -0.724. The zero-order chi connectivity index (χ0) is 15.7. The molecule has 0 saturated carbocycles. The molecule has 0 fully saturated rings. The molecule has 0 N–H and O–H groups in total. The third-order valence-electron chi connectivity index (χ3n) is 1.39. The van der Waals surface area contributed by atoms with Gasteiger partial charge in [0.2, 0.25) is 0 Å². The third kappa shape index (κ3) is 15.7. The third-order valence-corrected chi connectivity index (χ3v) is 1.39. The first kappa shape index (κ1) is 26.2. The molecule has 0 aliphatic carbocycles. The van der Waals surface area contributed by atoms with Crippen molar-refractivity contribution in [3.63, 3.8) is 0 Å². The molecule has 122 valence electrons. The first-order valence-electron chi connectivity index (χ1n) is 5.50. The minimum absolute atomic E-state index is 0. The van der Waals surface area contributed by atoms with Gasteiger partial charge >= 0.3 is 23.9 Å². The van der Waals surface area contributed by atoms with Crippen LogP contribution in [0.15, 0.2) is 0 Å². The maximum atomic E-state index is 10.8. The molecule has 0 bridgehead atoms. The van der Waals surface area contributed by atoms with Gasteiger partial charge in [0.15, 0.2) is 0 Å². The molecule has 12 heteroatoms. The molecule has 0 amide bonds. The molecule has 0 spiro atoms. The summed E-state index contributed by atoms with van der Waals surface area (Å²) in [5, 5.41) is 1.15. The Labute approximate surface area is 159 Å². The van der Waals surface area contributed by atoms with Crippen LogP contribution in [0, 0.1) is 0 Å². The number of carbonyl (C=O) groups is 4. The number of rotatable bonds is 7. The normalized spacial score (nSPS) is 9.18. The van der Waals surface area contributed by atoms with Gasteiger partial charge in [0.05, 0.1) is 13.1 Å². The Hall–Kier alpha value is -0.681. The fraction of sp³-hybridized carbons (Fsp3) is 0.600. The fourth-order valence-electron chi connectivity index (χ4n) is 0.957. The Morgan fingerprint density at radius 2 is 0.818 bits per heavy atom. The average Bonchev–Trinajstić information content (AvgIpc) is 2.22. The Morgan fingerprint density at radius 1 is 0.636 bits per heavy atom. The SMILES string of the molecule is CC(=O)ON(CCN(OC(C)=O)OC(C)=O)OC(C)=O.[Mn].[Na]. The van der Waals surface area contributed by atoms with Crippen LogP contribution >= 0.6 is 0 Å². The molecule has 0 atom stereocenters. The van der Waals surface area contributed by atoms with Crippen molar-refractivity contribution in [1.82, 2.24) is 10.5 Å². The van der Waals surface area contributed by atoms with Crippen LogP contribution < -0.4 is 0 Å². The smallest absolute Gasteiger partial charge is 0.326 e. The maximum absolute atomic E-state index is 10.8. The molecule has 0 heterocycles. The fourth-order valence-corrected chi connectivity index (χ4v) is 0.957. The molecule has 0 saturated heterocycles. The van der Waals surface area contributed by atoms with Gasteiger partial charge in [-0.1, -0.05) is 0 Å². The van der Waals surface area contributed by atoms with Gasteiger partial charge in [-0.05, 0) is 0 Å². The van der Waals surface area contributed by atoms with Crippen molar-refractivity contribution in [1.29, 1.82) is 0 Å². The van der Waals surface area contributed by atoms with Crippen molar-refractivity contribution in [2.45, 2.75) is 27.7 Å². The van der Waals surface area contributed by atoms with Gasteiger partial charge in [0.1, 0.15) is 0 Å². The summed E-state index contributed by atoms with van der Waals surface area (Å²) in [4.78, 5) is 61.4. The van der Waals surface area contributed by atoms with Crippen molar-refractivity contribution < 1.29 is 55.6 Å². The van der Waals surface area contributed by atoms with Crippen LogP contribution in [0.25, 0.3) is 0 Å². The first-order chi connectivity index (χ1) is 9.20. The van der Waals surface area contributed by atoms with Crippen molar-refractivity contribution in [2.75, 3.05) is 13.1 Å². The van der Waals surface area contributed by atoms with Crippen LogP contribution in [0.1, 0.15) is 27.7 Å². The molecule has 0 aliphatic heterocycles. The predicted octanol–water partition coefficient (Wildman–Crippen LogP) is -0.880. The summed E-state index contributed by atoms with van der Waals surface area (Å²) < 4.78 is 0. The van der Waals surface area contributed by atoms with E-state index in [0.29, 0.717) is 10.5 Å². The number of hydrogen-bond acceptors (Lipinski definition) is 10. The van der Waals surface area contributed by atoms with Gasteiger partial charge in [0.25, 0.3) is 0 Å². The van der Waals surface area contributed by atoms with Crippen LogP contribution in [0.2, 0.25) is 0 Å². The molecule has 10 nitrogen and oxygen atoms in total. The monoisotopic (exact) mass is 370 g/mol. The molecular weight excluding hydrogens is 354 g/mol. The Kier molecular flexibility index (Phi) is 16.6. The largest absolute Gasteiger partial charge is 0.333 e. The van der Waals surface area contributed by atoms with E-state index in [1.165, 1.54) is 0 Å². The molecule has 0 aromatic carbocycles. The van der Waals surface area contributed by atoms with Gasteiger partial charge in [-0.25, -0.2) is 0 Å². The molecule has 2 radical (unpaired) electrons. The van der Waals surface area contributed by atoms with Gasteiger partial charge in [-0.2, -0.15) is 0 Å². The molecular formula is C10H16MnN2NaO8. The zero-order valence-electron chi connectivity index (χ0n) is 13.0. The van der Waals surface area contributed by atoms with E-state index in [4.69, 9.17) is 0 Å². The summed E-state index contributed by atoms with van der Waals surface area (Å²) in [5.74, 6) is -2.90. The summed E-state index contributed by atoms with van der Waals surface area (Å²) >= 11 is 0. The number of carbonyl (C=O) groups excluding carboxylic acids is 4. The van der Waals surface area contributed by atoms with Crippen molar-refractivity contribution in [3.05, 3.63) is 0 Å². The van der Waals surface area contributed by atoms with Gasteiger partial charge in [0, 0.05) is 84.8 Å². The Morgan fingerprint density at radius 3 is 0.955 bits per heavy atom. The van der Waals surface area contributed by atoms with Crippen LogP contribution in [-0.2, 0) is 55.6 Å². The topological polar surface area (TPSA) is 112 Å². The van der Waals surface area contributed by atoms with Crippen molar-refractivity contribution in [3.8, 4) is 0 Å². The van der Waals surface area contributed by atoms with E-state index in [-0.39, 0.29) is 59.7 Å². The summed E-state index contributed by atoms with van der Waals surface area (Å²) in [7, 11) is 0. The Bertz CT molecular complexity index is 327. The molecule has 0 aromatic heterocycles. The number of hydrogen-bond donors (Lipinski definition) is 0. The average molecular weight is 370 g/mol. The summed E-state index contributed by atoms with van der Waals surface area (Å²) in [6, 6.07) is 0. The van der Waals surface area contributed by atoms with E-state index in [9.17, 15) is 19.2 Å². The second-order valence-electron chi connectivity index (χ2n) is 3.44. The zero-order valence-corrected chi connectivity index (χ0v) is 16.1.